The zero-order valence-electron chi connectivity index (χ0n) is 13.2. The number of carbonyl (C=O) groups excluding carboxylic acids is 1. The molecule has 1 N–H and O–H groups in total. The van der Waals surface area contributed by atoms with Crippen LogP contribution in [0.2, 0.25) is 0 Å². The van der Waals surface area contributed by atoms with Gasteiger partial charge in [-0.15, -0.1) is 0 Å². The molecule has 4 heteroatoms. The van der Waals surface area contributed by atoms with E-state index in [1.165, 1.54) is 32.1 Å². The summed E-state index contributed by atoms with van der Waals surface area (Å²) in [5.41, 5.74) is 0. The van der Waals surface area contributed by atoms with E-state index in [0.717, 1.165) is 37.6 Å². The SMILES string of the molecule is O=C(O)C1CCCC(C(=O)N2CC3CC4CC(C3)CC2C4)C1. The van der Waals surface area contributed by atoms with Gasteiger partial charge < -0.3 is 10.0 Å². The minimum Gasteiger partial charge on any atom is -0.481 e. The fraction of sp³-hybridized carbons (Fsp3) is 0.889. The molecule has 4 atom stereocenters. The number of carbonyl (C=O) groups is 2. The van der Waals surface area contributed by atoms with Crippen molar-refractivity contribution in [3.8, 4) is 0 Å². The van der Waals surface area contributed by atoms with Crippen LogP contribution in [0, 0.1) is 29.6 Å². The van der Waals surface area contributed by atoms with Gasteiger partial charge in [0.05, 0.1) is 5.92 Å². The largest absolute Gasteiger partial charge is 0.481 e. The molecule has 5 fully saturated rings. The van der Waals surface area contributed by atoms with Gasteiger partial charge in [-0.2, -0.15) is 0 Å². The topological polar surface area (TPSA) is 57.6 Å². The van der Waals surface area contributed by atoms with Crippen LogP contribution in [0.25, 0.3) is 0 Å². The maximum atomic E-state index is 13.1. The fourth-order valence-electron chi connectivity index (χ4n) is 5.93. The third-order valence-electron chi connectivity index (χ3n) is 6.76. The number of aliphatic carboxylic acids is 1. The van der Waals surface area contributed by atoms with Gasteiger partial charge in [-0.25, -0.2) is 0 Å². The van der Waals surface area contributed by atoms with Gasteiger partial charge in [0.1, 0.15) is 0 Å². The lowest BCUT2D eigenvalue weighted by Gasteiger charge is -2.40. The zero-order chi connectivity index (χ0) is 15.3. The van der Waals surface area contributed by atoms with Crippen molar-refractivity contribution >= 4 is 11.9 Å². The van der Waals surface area contributed by atoms with Crippen LogP contribution < -0.4 is 0 Å². The molecule has 5 rings (SSSR count). The normalized spacial score (nSPS) is 43.9. The van der Waals surface area contributed by atoms with Crippen LogP contribution in [0.1, 0.15) is 57.8 Å². The van der Waals surface area contributed by atoms with Gasteiger partial charge in [-0.1, -0.05) is 6.42 Å². The van der Waals surface area contributed by atoms with Gasteiger partial charge in [-0.05, 0) is 69.1 Å². The molecule has 2 heterocycles. The number of hydrogen-bond acceptors (Lipinski definition) is 2. The average Bonchev–Trinajstić information content (AvgIpc) is 2.70. The molecule has 1 amide bonds. The Morgan fingerprint density at radius 2 is 1.45 bits per heavy atom. The summed E-state index contributed by atoms with van der Waals surface area (Å²) < 4.78 is 0. The van der Waals surface area contributed by atoms with E-state index >= 15 is 0 Å². The molecule has 4 bridgehead atoms. The van der Waals surface area contributed by atoms with Crippen molar-refractivity contribution in [1.29, 1.82) is 0 Å². The van der Waals surface area contributed by atoms with Crippen LogP contribution >= 0.6 is 0 Å². The summed E-state index contributed by atoms with van der Waals surface area (Å²) in [6.45, 7) is 0.949. The number of hydrogen-bond donors (Lipinski definition) is 1. The third kappa shape index (κ3) is 2.55. The first kappa shape index (κ1) is 14.5. The van der Waals surface area contributed by atoms with Crippen molar-refractivity contribution in [2.75, 3.05) is 6.54 Å². The molecular weight excluding hydrogens is 278 g/mol. The lowest BCUT2D eigenvalue weighted by molar-refractivity contribution is -0.146. The Hall–Kier alpha value is -1.06. The second kappa shape index (κ2) is 5.54. The van der Waals surface area contributed by atoms with Crippen molar-refractivity contribution < 1.29 is 14.7 Å². The number of amides is 1. The number of rotatable bonds is 2. The predicted molar refractivity (Wildman–Crippen MR) is 82.1 cm³/mol. The Kier molecular flexibility index (Phi) is 3.66. The van der Waals surface area contributed by atoms with Gasteiger partial charge in [0, 0.05) is 18.5 Å². The predicted octanol–water partition coefficient (Wildman–Crippen LogP) is 2.91. The highest BCUT2D eigenvalue weighted by molar-refractivity contribution is 5.80. The van der Waals surface area contributed by atoms with Crippen LogP contribution in [0.5, 0.6) is 0 Å². The van der Waals surface area contributed by atoms with E-state index in [2.05, 4.69) is 4.90 Å². The summed E-state index contributed by atoms with van der Waals surface area (Å²) in [6.07, 6.45) is 9.52. The summed E-state index contributed by atoms with van der Waals surface area (Å²) in [6, 6.07) is 0.453. The number of nitrogens with zero attached hydrogens (tertiary/aromatic N) is 1. The van der Waals surface area contributed by atoms with Crippen molar-refractivity contribution in [1.82, 2.24) is 4.90 Å². The fourth-order valence-corrected chi connectivity index (χ4v) is 5.93. The van der Waals surface area contributed by atoms with E-state index in [4.69, 9.17) is 0 Å². The first-order valence-corrected chi connectivity index (χ1v) is 9.13. The second-order valence-electron chi connectivity index (χ2n) is 8.32. The molecule has 22 heavy (non-hydrogen) atoms. The molecule has 0 aromatic carbocycles. The lowest BCUT2D eigenvalue weighted by Crippen LogP contribution is -2.46. The molecule has 0 radical (unpaired) electrons. The minimum absolute atomic E-state index is 0.0365. The van der Waals surface area contributed by atoms with Gasteiger partial charge in [0.2, 0.25) is 5.91 Å². The van der Waals surface area contributed by atoms with Crippen LogP contribution in [-0.4, -0.2) is 34.5 Å². The van der Waals surface area contributed by atoms with Gasteiger partial charge in [-0.3, -0.25) is 9.59 Å². The minimum atomic E-state index is -0.714. The van der Waals surface area contributed by atoms with Crippen LogP contribution in [0.15, 0.2) is 0 Å². The molecule has 4 nitrogen and oxygen atoms in total. The molecular formula is C18H27NO3. The molecule has 2 aliphatic heterocycles. The molecule has 0 aromatic rings. The molecule has 3 saturated carbocycles. The van der Waals surface area contributed by atoms with Crippen LogP contribution in [0.3, 0.4) is 0 Å². The third-order valence-corrected chi connectivity index (χ3v) is 6.76. The quantitative estimate of drug-likeness (QED) is 0.853. The van der Waals surface area contributed by atoms with Crippen molar-refractivity contribution in [2.45, 2.75) is 63.8 Å². The van der Waals surface area contributed by atoms with E-state index in [1.807, 2.05) is 0 Å². The van der Waals surface area contributed by atoms with Crippen LogP contribution in [0.4, 0.5) is 0 Å². The monoisotopic (exact) mass is 305 g/mol. The first-order valence-electron chi connectivity index (χ1n) is 9.13. The Balaban J connectivity index is 1.49. The van der Waals surface area contributed by atoms with Crippen LogP contribution in [-0.2, 0) is 9.59 Å². The van der Waals surface area contributed by atoms with Gasteiger partial charge in [0.15, 0.2) is 0 Å². The highest BCUT2D eigenvalue weighted by atomic mass is 16.4. The van der Waals surface area contributed by atoms with E-state index in [9.17, 15) is 14.7 Å². The zero-order valence-corrected chi connectivity index (χ0v) is 13.2. The average molecular weight is 305 g/mol. The Morgan fingerprint density at radius 1 is 0.818 bits per heavy atom. The summed E-state index contributed by atoms with van der Waals surface area (Å²) in [5, 5.41) is 9.26. The second-order valence-corrected chi connectivity index (χ2v) is 8.32. The lowest BCUT2D eigenvalue weighted by atomic mass is 9.68. The molecule has 0 aromatic heterocycles. The Labute approximate surface area is 132 Å². The van der Waals surface area contributed by atoms with Crippen molar-refractivity contribution in [3.63, 3.8) is 0 Å². The summed E-state index contributed by atoms with van der Waals surface area (Å²) in [7, 11) is 0. The Bertz CT molecular complexity index is 463. The van der Waals surface area contributed by atoms with Crippen molar-refractivity contribution in [2.24, 2.45) is 29.6 Å². The van der Waals surface area contributed by atoms with E-state index < -0.39 is 5.97 Å². The highest BCUT2D eigenvalue weighted by Crippen LogP contribution is 2.48. The molecule has 2 saturated heterocycles. The molecule has 5 aliphatic rings. The summed E-state index contributed by atoms with van der Waals surface area (Å²) >= 11 is 0. The maximum absolute atomic E-state index is 13.1. The molecule has 3 aliphatic carbocycles. The molecule has 122 valence electrons. The molecule has 4 unspecified atom stereocenters. The van der Waals surface area contributed by atoms with E-state index in [0.29, 0.717) is 18.4 Å². The standard InChI is InChI=1S/C18H27NO3/c20-17(14-2-1-3-15(9-14)18(21)22)19-10-13-5-11-4-12(6-13)8-16(19)7-11/h11-16H,1-10H2,(H,21,22). The highest BCUT2D eigenvalue weighted by Gasteiger charge is 2.45. The number of carboxylic acid groups (broad SMARTS) is 1. The summed E-state index contributed by atoms with van der Waals surface area (Å²) in [5.74, 6) is 1.63. The van der Waals surface area contributed by atoms with E-state index in [-0.39, 0.29) is 17.7 Å². The van der Waals surface area contributed by atoms with Crippen molar-refractivity contribution in [3.05, 3.63) is 0 Å². The number of fused-ring (bicyclic) bond motifs is 1. The van der Waals surface area contributed by atoms with Gasteiger partial charge in [0.25, 0.3) is 0 Å². The molecule has 0 spiro atoms. The number of carboxylic acids is 1. The first-order chi connectivity index (χ1) is 10.6. The van der Waals surface area contributed by atoms with Gasteiger partial charge >= 0.3 is 5.97 Å². The smallest absolute Gasteiger partial charge is 0.306 e. The Morgan fingerprint density at radius 3 is 2.14 bits per heavy atom. The summed E-state index contributed by atoms with van der Waals surface area (Å²) in [4.78, 5) is 26.5. The maximum Gasteiger partial charge on any atom is 0.306 e. The van der Waals surface area contributed by atoms with E-state index in [1.54, 1.807) is 0 Å².